The van der Waals surface area contributed by atoms with Gasteiger partial charge in [0.15, 0.2) is 0 Å². The van der Waals surface area contributed by atoms with Crippen molar-refractivity contribution in [1.29, 1.82) is 0 Å². The molecule has 11 heavy (non-hydrogen) atoms. The smallest absolute Gasteiger partial charge is 0.0721 e. The van der Waals surface area contributed by atoms with Crippen LogP contribution >= 0.6 is 0 Å². The molecule has 0 aromatic heterocycles. The highest BCUT2D eigenvalue weighted by Crippen LogP contribution is 2.30. The van der Waals surface area contributed by atoms with Gasteiger partial charge < -0.3 is 10.4 Å². The fraction of sp³-hybridized carbons (Fsp3) is 1.00. The van der Waals surface area contributed by atoms with E-state index in [0.717, 1.165) is 19.3 Å². The Bertz CT molecular complexity index is 121. The van der Waals surface area contributed by atoms with Crippen LogP contribution in [0.2, 0.25) is 0 Å². The molecule has 1 saturated carbocycles. The first-order valence-electron chi connectivity index (χ1n) is 4.62. The van der Waals surface area contributed by atoms with E-state index in [1.54, 1.807) is 0 Å². The molecule has 1 aliphatic rings. The largest absolute Gasteiger partial charge is 0.391 e. The van der Waals surface area contributed by atoms with Gasteiger partial charge in [-0.1, -0.05) is 19.8 Å². The second kappa shape index (κ2) is 3.55. The second-order valence-electron chi connectivity index (χ2n) is 3.52. The molecule has 0 bridgehead atoms. The molecule has 0 spiro atoms. The van der Waals surface area contributed by atoms with Crippen molar-refractivity contribution < 1.29 is 5.11 Å². The highest BCUT2D eigenvalue weighted by molar-refractivity contribution is 4.95. The highest BCUT2D eigenvalue weighted by Gasteiger charge is 2.36. The lowest BCUT2D eigenvalue weighted by Gasteiger charge is -2.40. The van der Waals surface area contributed by atoms with Crippen LogP contribution in [0.5, 0.6) is 0 Å². The minimum Gasteiger partial charge on any atom is -0.391 e. The number of hydrogen-bond donors (Lipinski definition) is 2. The normalized spacial score (nSPS) is 39.0. The van der Waals surface area contributed by atoms with Crippen LogP contribution in [0, 0.1) is 0 Å². The van der Waals surface area contributed by atoms with Gasteiger partial charge in [0, 0.05) is 5.54 Å². The second-order valence-corrected chi connectivity index (χ2v) is 3.52. The van der Waals surface area contributed by atoms with Crippen molar-refractivity contribution in [3.05, 3.63) is 0 Å². The highest BCUT2D eigenvalue weighted by atomic mass is 16.3. The van der Waals surface area contributed by atoms with Gasteiger partial charge in [-0.25, -0.2) is 0 Å². The average molecular weight is 157 g/mol. The maximum Gasteiger partial charge on any atom is 0.0721 e. The predicted molar refractivity (Wildman–Crippen MR) is 46.6 cm³/mol. The summed E-state index contributed by atoms with van der Waals surface area (Å²) >= 11 is 0. The molecule has 2 nitrogen and oxygen atoms in total. The van der Waals surface area contributed by atoms with Crippen molar-refractivity contribution in [2.24, 2.45) is 0 Å². The molecule has 1 rings (SSSR count). The summed E-state index contributed by atoms with van der Waals surface area (Å²) in [5, 5.41) is 13.0. The quantitative estimate of drug-likeness (QED) is 0.633. The number of rotatable bonds is 2. The maximum absolute atomic E-state index is 9.76. The van der Waals surface area contributed by atoms with E-state index >= 15 is 0 Å². The molecule has 1 aliphatic carbocycles. The average Bonchev–Trinajstić information content (AvgIpc) is 2.06. The van der Waals surface area contributed by atoms with Crippen LogP contribution in [0.25, 0.3) is 0 Å². The molecule has 66 valence electrons. The molecule has 0 radical (unpaired) electrons. The Kier molecular flexibility index (Phi) is 2.90. The van der Waals surface area contributed by atoms with Crippen LogP contribution in [0.15, 0.2) is 0 Å². The van der Waals surface area contributed by atoms with Gasteiger partial charge in [0.05, 0.1) is 6.10 Å². The van der Waals surface area contributed by atoms with Gasteiger partial charge in [-0.2, -0.15) is 0 Å². The topological polar surface area (TPSA) is 32.3 Å². The number of hydrogen-bond acceptors (Lipinski definition) is 2. The first-order valence-corrected chi connectivity index (χ1v) is 4.62. The van der Waals surface area contributed by atoms with Gasteiger partial charge in [0.2, 0.25) is 0 Å². The Morgan fingerprint density at radius 3 is 2.64 bits per heavy atom. The summed E-state index contributed by atoms with van der Waals surface area (Å²) in [5.41, 5.74) is 0.0260. The zero-order valence-corrected chi connectivity index (χ0v) is 7.56. The van der Waals surface area contributed by atoms with Crippen LogP contribution in [-0.4, -0.2) is 23.8 Å². The fourth-order valence-corrected chi connectivity index (χ4v) is 2.10. The van der Waals surface area contributed by atoms with Crippen molar-refractivity contribution in [3.8, 4) is 0 Å². The number of nitrogens with one attached hydrogen (secondary N) is 1. The van der Waals surface area contributed by atoms with Crippen molar-refractivity contribution in [1.82, 2.24) is 5.32 Å². The Morgan fingerprint density at radius 1 is 1.55 bits per heavy atom. The molecule has 0 aromatic rings. The summed E-state index contributed by atoms with van der Waals surface area (Å²) in [6.45, 7) is 2.14. The van der Waals surface area contributed by atoms with Crippen LogP contribution in [0.1, 0.15) is 39.0 Å². The molecule has 0 amide bonds. The van der Waals surface area contributed by atoms with Crippen LogP contribution < -0.4 is 5.32 Å². The Morgan fingerprint density at radius 2 is 2.27 bits per heavy atom. The molecule has 2 atom stereocenters. The molecule has 0 heterocycles. The van der Waals surface area contributed by atoms with Crippen LogP contribution in [0.4, 0.5) is 0 Å². The third-order valence-electron chi connectivity index (χ3n) is 3.12. The van der Waals surface area contributed by atoms with Crippen LogP contribution in [0.3, 0.4) is 0 Å². The zero-order chi connectivity index (χ0) is 8.32. The third-order valence-corrected chi connectivity index (χ3v) is 3.12. The lowest BCUT2D eigenvalue weighted by Crippen LogP contribution is -2.54. The molecule has 0 aromatic carbocycles. The van der Waals surface area contributed by atoms with Crippen molar-refractivity contribution in [2.75, 3.05) is 7.05 Å². The molecule has 2 heteroatoms. The SMILES string of the molecule is CC[C@@]1(NC)CCCC[C@H]1O. The summed E-state index contributed by atoms with van der Waals surface area (Å²) in [6.07, 6.45) is 5.43. The van der Waals surface area contributed by atoms with E-state index in [-0.39, 0.29) is 11.6 Å². The fourth-order valence-electron chi connectivity index (χ4n) is 2.10. The van der Waals surface area contributed by atoms with Crippen molar-refractivity contribution >= 4 is 0 Å². The molecule has 0 saturated heterocycles. The summed E-state index contributed by atoms with van der Waals surface area (Å²) in [4.78, 5) is 0. The van der Waals surface area contributed by atoms with Gasteiger partial charge in [0.25, 0.3) is 0 Å². The maximum atomic E-state index is 9.76. The lowest BCUT2D eigenvalue weighted by atomic mass is 9.77. The third kappa shape index (κ3) is 1.57. The predicted octanol–water partition coefficient (Wildman–Crippen LogP) is 1.29. The first-order chi connectivity index (χ1) is 5.25. The molecular weight excluding hydrogens is 138 g/mol. The van der Waals surface area contributed by atoms with E-state index in [1.165, 1.54) is 12.8 Å². The minimum absolute atomic E-state index is 0.0260. The van der Waals surface area contributed by atoms with Crippen molar-refractivity contribution in [2.45, 2.75) is 50.7 Å². The summed E-state index contributed by atoms with van der Waals surface area (Å²) < 4.78 is 0. The van der Waals surface area contributed by atoms with E-state index < -0.39 is 0 Å². The standard InChI is InChI=1S/C9H19NO/c1-3-9(10-2)7-5-4-6-8(9)11/h8,10-11H,3-7H2,1-2H3/t8-,9-/m1/s1. The lowest BCUT2D eigenvalue weighted by molar-refractivity contribution is 0.0253. The molecule has 0 aliphatic heterocycles. The van der Waals surface area contributed by atoms with E-state index in [0.29, 0.717) is 0 Å². The van der Waals surface area contributed by atoms with Gasteiger partial charge in [-0.05, 0) is 26.3 Å². The van der Waals surface area contributed by atoms with E-state index in [2.05, 4.69) is 12.2 Å². The zero-order valence-electron chi connectivity index (χ0n) is 7.56. The molecular formula is C9H19NO. The van der Waals surface area contributed by atoms with Gasteiger partial charge in [0.1, 0.15) is 0 Å². The molecule has 2 N–H and O–H groups in total. The summed E-state index contributed by atoms with van der Waals surface area (Å²) in [6, 6.07) is 0. The molecule has 0 unspecified atom stereocenters. The summed E-state index contributed by atoms with van der Waals surface area (Å²) in [7, 11) is 1.96. The number of likely N-dealkylation sites (N-methyl/N-ethyl adjacent to an activating group) is 1. The first kappa shape index (κ1) is 9.01. The monoisotopic (exact) mass is 157 g/mol. The Labute approximate surface area is 69.0 Å². The van der Waals surface area contributed by atoms with Gasteiger partial charge >= 0.3 is 0 Å². The number of aliphatic hydroxyl groups excluding tert-OH is 1. The molecule has 1 fully saturated rings. The van der Waals surface area contributed by atoms with E-state index in [1.807, 2.05) is 7.05 Å². The van der Waals surface area contributed by atoms with Gasteiger partial charge in [-0.15, -0.1) is 0 Å². The van der Waals surface area contributed by atoms with Gasteiger partial charge in [-0.3, -0.25) is 0 Å². The van der Waals surface area contributed by atoms with E-state index in [9.17, 15) is 5.11 Å². The number of aliphatic hydroxyl groups is 1. The van der Waals surface area contributed by atoms with Crippen molar-refractivity contribution in [3.63, 3.8) is 0 Å². The summed E-state index contributed by atoms with van der Waals surface area (Å²) in [5.74, 6) is 0. The Balaban J connectivity index is 2.61. The minimum atomic E-state index is -0.133. The van der Waals surface area contributed by atoms with Crippen LogP contribution in [-0.2, 0) is 0 Å². The van der Waals surface area contributed by atoms with E-state index in [4.69, 9.17) is 0 Å². The Hall–Kier alpha value is -0.0800.